The van der Waals surface area contributed by atoms with Gasteiger partial charge in [0.25, 0.3) is 17.5 Å². The maximum atomic E-state index is 6.60. The van der Waals surface area contributed by atoms with E-state index in [4.69, 9.17) is 19.7 Å². The van der Waals surface area contributed by atoms with Gasteiger partial charge in [-0.05, 0) is 276 Å². The summed E-state index contributed by atoms with van der Waals surface area (Å²) < 4.78 is 19.9. The van der Waals surface area contributed by atoms with E-state index in [0.29, 0.717) is 11.8 Å². The lowest BCUT2D eigenvalue weighted by Gasteiger charge is -2.19. The third kappa shape index (κ3) is 15.3. The normalized spacial score (nSPS) is 11.4. The van der Waals surface area contributed by atoms with E-state index < -0.39 is 0 Å². The lowest BCUT2D eigenvalue weighted by Crippen LogP contribution is -2.32. The fraction of sp³-hybridized carbons (Fsp3) is 0.208. The van der Waals surface area contributed by atoms with Crippen LogP contribution in [-0.2, 0) is 21.1 Å². The number of rotatable bonds is 14. The average Bonchev–Trinajstić information content (AvgIpc) is 1.61. The quantitative estimate of drug-likeness (QED) is 0.102. The monoisotopic (exact) mass is 1520 g/mol. The van der Waals surface area contributed by atoms with Crippen LogP contribution in [0.2, 0.25) is 0 Å². The maximum absolute atomic E-state index is 6.60. The highest BCUT2D eigenvalue weighted by molar-refractivity contribution is 6.09. The molecule has 0 aliphatic rings. The molecular weight excluding hydrogens is 1420 g/mol. The van der Waals surface area contributed by atoms with E-state index in [1.165, 1.54) is 128 Å². The van der Waals surface area contributed by atoms with E-state index >= 15 is 0 Å². The van der Waals surface area contributed by atoms with Crippen LogP contribution in [0.1, 0.15) is 123 Å². The van der Waals surface area contributed by atoms with E-state index in [9.17, 15) is 0 Å². The van der Waals surface area contributed by atoms with Gasteiger partial charge < -0.3 is 4.42 Å². The maximum Gasteiger partial charge on any atom is 0.309 e. The lowest BCUT2D eigenvalue weighted by molar-refractivity contribution is -0.649. The van der Waals surface area contributed by atoms with Crippen molar-refractivity contribution in [3.63, 3.8) is 0 Å². The van der Waals surface area contributed by atoms with Crippen molar-refractivity contribution >= 4 is 21.9 Å². The van der Waals surface area contributed by atoms with Crippen LogP contribution in [0.15, 0.2) is 271 Å². The van der Waals surface area contributed by atoms with Crippen LogP contribution in [-0.4, -0.2) is 29.3 Å². The van der Waals surface area contributed by atoms with Crippen molar-refractivity contribution in [2.75, 3.05) is 0 Å². The molecule has 578 valence electrons. The highest BCUT2D eigenvalue weighted by Gasteiger charge is 2.37. The van der Waals surface area contributed by atoms with Gasteiger partial charge in [0.1, 0.15) is 28.2 Å². The molecular formula is C106H106N9O+3. The van der Waals surface area contributed by atoms with Crippen molar-refractivity contribution in [1.82, 2.24) is 29.3 Å². The summed E-state index contributed by atoms with van der Waals surface area (Å²) in [6.45, 7) is 37.3. The molecule has 10 nitrogen and oxygen atoms in total. The van der Waals surface area contributed by atoms with Gasteiger partial charge in [-0.1, -0.05) is 251 Å². The third-order valence-corrected chi connectivity index (χ3v) is 22.6. The van der Waals surface area contributed by atoms with E-state index in [-0.39, 0.29) is 0 Å². The van der Waals surface area contributed by atoms with Crippen molar-refractivity contribution in [3.05, 3.63) is 350 Å². The number of furan rings is 1. The molecule has 0 saturated heterocycles. The van der Waals surface area contributed by atoms with Crippen LogP contribution < -0.4 is 13.7 Å². The number of nitrogens with zero attached hydrogens (tertiary/aromatic N) is 9. The zero-order chi connectivity index (χ0) is 81.7. The van der Waals surface area contributed by atoms with Gasteiger partial charge in [0, 0.05) is 10.8 Å². The average molecular weight is 1520 g/mol. The van der Waals surface area contributed by atoms with Gasteiger partial charge in [0.2, 0.25) is 0 Å². The molecule has 10 heteroatoms. The molecule has 0 aliphatic carbocycles. The summed E-state index contributed by atoms with van der Waals surface area (Å²) in [6, 6.07) is 95.6. The molecule has 0 aliphatic heterocycles. The number of para-hydroxylation sites is 1. The highest BCUT2D eigenvalue weighted by Crippen LogP contribution is 2.43. The first-order chi connectivity index (χ1) is 55.8. The van der Waals surface area contributed by atoms with Gasteiger partial charge >= 0.3 is 17.5 Å². The van der Waals surface area contributed by atoms with Crippen LogP contribution in [0.4, 0.5) is 0 Å². The summed E-state index contributed by atoms with van der Waals surface area (Å²) in [5.41, 5.74) is 37.8. The summed E-state index contributed by atoms with van der Waals surface area (Å²) in [4.78, 5) is 0. The van der Waals surface area contributed by atoms with E-state index in [1.54, 1.807) is 0 Å². The molecule has 0 amide bonds. The third-order valence-electron chi connectivity index (χ3n) is 22.6. The first-order valence-corrected chi connectivity index (χ1v) is 40.6. The Balaban J connectivity index is 0.000000137. The van der Waals surface area contributed by atoms with Crippen molar-refractivity contribution in [1.29, 1.82) is 0 Å². The second kappa shape index (κ2) is 32.5. The number of aryl methyl sites for hydroxylation is 13. The van der Waals surface area contributed by atoms with Gasteiger partial charge in [0.05, 0.1) is 69.8 Å². The molecule has 0 unspecified atom stereocenters. The minimum absolute atomic E-state index is 0.324. The van der Waals surface area contributed by atoms with E-state index in [1.807, 2.05) is 12.1 Å². The topological polar surface area (TPSA) is 78.2 Å². The molecule has 0 atom stereocenters. The fourth-order valence-electron chi connectivity index (χ4n) is 17.3. The van der Waals surface area contributed by atoms with Gasteiger partial charge in [-0.15, -0.1) is 0 Å². The second-order valence-electron chi connectivity index (χ2n) is 32.7. The molecule has 0 fully saturated rings. The van der Waals surface area contributed by atoms with Crippen molar-refractivity contribution in [2.24, 2.45) is 21.1 Å². The van der Waals surface area contributed by atoms with Crippen molar-refractivity contribution in [3.8, 4) is 119 Å². The Morgan fingerprint density at radius 3 is 0.957 bits per heavy atom. The Hall–Kier alpha value is -12.9. The minimum atomic E-state index is 0.324. The number of hydrogen-bond acceptors (Lipinski definition) is 4. The van der Waals surface area contributed by atoms with Gasteiger partial charge in [0.15, 0.2) is 0 Å². The number of hydrogen-bond donors (Lipinski definition) is 0. The molecule has 4 aromatic heterocycles. The first kappa shape index (κ1) is 78.4. The Kier molecular flexibility index (Phi) is 22.0. The predicted molar refractivity (Wildman–Crippen MR) is 480 cm³/mol. The summed E-state index contributed by atoms with van der Waals surface area (Å²) in [5.74, 6) is 6.65. The largest absolute Gasteiger partial charge is 0.455 e. The van der Waals surface area contributed by atoms with Gasteiger partial charge in [-0.3, -0.25) is 0 Å². The smallest absolute Gasteiger partial charge is 0.309 e. The summed E-state index contributed by atoms with van der Waals surface area (Å²) >= 11 is 0. The highest BCUT2D eigenvalue weighted by atomic mass is 16.3. The minimum Gasteiger partial charge on any atom is -0.455 e. The zero-order valence-electron chi connectivity index (χ0n) is 71.0. The van der Waals surface area contributed by atoms with Crippen molar-refractivity contribution in [2.45, 2.75) is 130 Å². The van der Waals surface area contributed by atoms with Crippen LogP contribution in [0.3, 0.4) is 0 Å². The summed E-state index contributed by atoms with van der Waals surface area (Å²) in [5, 5.41) is 18.3. The second-order valence-corrected chi connectivity index (χ2v) is 32.7. The zero-order valence-corrected chi connectivity index (χ0v) is 71.0. The Morgan fingerprint density at radius 2 is 0.586 bits per heavy atom. The van der Waals surface area contributed by atoms with E-state index in [0.717, 1.165) is 96.1 Å². The molecule has 13 aromatic carbocycles. The number of aromatic nitrogens is 9. The van der Waals surface area contributed by atoms with Crippen LogP contribution in [0.5, 0.6) is 0 Å². The molecule has 0 bridgehead atoms. The standard InChI is InChI=1S/C38H34N3O.C36H40N3.C32H32N3/c1-23-18-24(2)20-30(19-23)37-39-41(35-26(4)21-29(22-27(35)5)28-12-8-7-9-13-28)38(40(37)6)34-25(3)16-17-32-31-14-10-11-15-33(31)42-36(32)34;1-23(2)32-21-29(28-15-10-9-11-16-28)22-33(24(3)4)34(32)39-36(31-17-13-12-14-27(31)7)38(8)35(37-39)30-19-25(5)18-26(6)20-30;1-21-16-22(2)18-28(17-21)31-33-35(32(34(31)6)29-15-11-10-12-23(29)3)30-24(4)19-27(20-25(30)5)26-13-8-7-9-14-26/h7-22H,1-6H3;9-24H,1-8H3;7-20H,1-6H3/q3*+1. The fourth-order valence-corrected chi connectivity index (χ4v) is 17.3. The first-order valence-electron chi connectivity index (χ1n) is 40.6. The SMILES string of the molecule is Cc1cc(C)cc(-c2nn(-c3c(C(C)C)cc(-c4ccccc4)cc3C(C)C)c(-c3ccccc3C)[n+]2C)c1.Cc1cc(C)cc(-c2nn(-c3c(C)cc(-c4ccccc4)cc3C)c(-c3c(C)ccc4c3oc3ccccc34)[n+]2C)c1.Cc1cc(C)cc(-c2nn(-c3c(C)cc(-c4ccccc4)cc3C)c(-c3ccccc3C)[n+]2C)c1. The summed E-state index contributed by atoms with van der Waals surface area (Å²) in [6.07, 6.45) is 0. The Labute approximate surface area is 685 Å². The predicted octanol–water partition coefficient (Wildman–Crippen LogP) is 25.2. The molecule has 116 heavy (non-hydrogen) atoms. The van der Waals surface area contributed by atoms with E-state index in [2.05, 4.69) is 421 Å². The Morgan fingerprint density at radius 1 is 0.267 bits per heavy atom. The van der Waals surface area contributed by atoms with Gasteiger partial charge in [-0.2, -0.15) is 0 Å². The molecule has 0 N–H and O–H groups in total. The van der Waals surface area contributed by atoms with Crippen LogP contribution in [0, 0.1) is 90.0 Å². The van der Waals surface area contributed by atoms with Crippen LogP contribution >= 0.6 is 0 Å². The summed E-state index contributed by atoms with van der Waals surface area (Å²) in [7, 11) is 6.40. The molecule has 4 heterocycles. The van der Waals surface area contributed by atoms with Crippen molar-refractivity contribution < 1.29 is 18.1 Å². The molecule has 17 rings (SSSR count). The van der Waals surface area contributed by atoms with Crippen LogP contribution in [0.25, 0.3) is 141 Å². The number of benzene rings is 13. The Bertz CT molecular complexity index is 6440. The molecule has 0 saturated carbocycles. The molecule has 17 aromatic rings. The lowest BCUT2D eigenvalue weighted by atomic mass is 9.88. The molecule has 0 spiro atoms. The van der Waals surface area contributed by atoms with Gasteiger partial charge in [-0.25, -0.2) is 13.7 Å². The number of fused-ring (bicyclic) bond motifs is 3. The molecule has 0 radical (unpaired) electrons.